The van der Waals surface area contributed by atoms with Crippen LogP contribution in [0.1, 0.15) is 11.4 Å². The van der Waals surface area contributed by atoms with Crippen LogP contribution in [0.5, 0.6) is 0 Å². The van der Waals surface area contributed by atoms with Gasteiger partial charge in [-0.15, -0.1) is 0 Å². The second-order valence-corrected chi connectivity index (χ2v) is 6.42. The zero-order valence-electron chi connectivity index (χ0n) is 15.2. The van der Waals surface area contributed by atoms with Crippen LogP contribution in [0.25, 0.3) is 0 Å². The summed E-state index contributed by atoms with van der Waals surface area (Å²) in [4.78, 5) is 25.7. The number of halogens is 1. The fourth-order valence-electron chi connectivity index (χ4n) is 2.86. The zero-order valence-corrected chi connectivity index (χ0v) is 15.2. The molecule has 26 heavy (non-hydrogen) atoms. The molecule has 1 aliphatic heterocycles. The Kier molecular flexibility index (Phi) is 5.32. The number of para-hydroxylation sites is 1. The number of rotatable bonds is 3. The van der Waals surface area contributed by atoms with Gasteiger partial charge < -0.3 is 20.4 Å². The second-order valence-electron chi connectivity index (χ2n) is 6.42. The smallest absolute Gasteiger partial charge is 0.323 e. The first-order chi connectivity index (χ1) is 12.4. The number of urea groups is 1. The van der Waals surface area contributed by atoms with Gasteiger partial charge >= 0.3 is 6.03 Å². The van der Waals surface area contributed by atoms with Gasteiger partial charge in [0, 0.05) is 26.2 Å². The van der Waals surface area contributed by atoms with E-state index in [4.69, 9.17) is 0 Å². The molecular formula is C18H23FN6O. The summed E-state index contributed by atoms with van der Waals surface area (Å²) in [6, 6.07) is 5.49. The van der Waals surface area contributed by atoms with Crippen molar-refractivity contribution in [1.29, 1.82) is 0 Å². The van der Waals surface area contributed by atoms with Crippen LogP contribution in [-0.4, -0.2) is 54.1 Å². The number of anilines is 3. The van der Waals surface area contributed by atoms with Gasteiger partial charge in [0.25, 0.3) is 0 Å². The topological polar surface area (TPSA) is 73.4 Å². The van der Waals surface area contributed by atoms with Crippen LogP contribution in [0.4, 0.5) is 26.5 Å². The predicted octanol–water partition coefficient (Wildman–Crippen LogP) is 2.63. The third-order valence-corrected chi connectivity index (χ3v) is 4.41. The highest BCUT2D eigenvalue weighted by Gasteiger charge is 2.19. The van der Waals surface area contributed by atoms with Gasteiger partial charge in [0.15, 0.2) is 0 Å². The fourth-order valence-corrected chi connectivity index (χ4v) is 2.86. The number of benzene rings is 1. The van der Waals surface area contributed by atoms with E-state index in [0.29, 0.717) is 23.0 Å². The number of hydrogen-bond acceptors (Lipinski definition) is 5. The Morgan fingerprint density at radius 2 is 1.65 bits per heavy atom. The number of likely N-dealkylation sites (N-methyl/N-ethyl adjacent to an activating group) is 1. The normalized spacial score (nSPS) is 15.0. The van der Waals surface area contributed by atoms with E-state index in [1.54, 1.807) is 12.1 Å². The average Bonchev–Trinajstić information content (AvgIpc) is 2.60. The van der Waals surface area contributed by atoms with E-state index >= 15 is 0 Å². The van der Waals surface area contributed by atoms with Gasteiger partial charge in [0.1, 0.15) is 5.82 Å². The van der Waals surface area contributed by atoms with E-state index < -0.39 is 11.8 Å². The largest absolute Gasteiger partial charge is 0.338 e. The van der Waals surface area contributed by atoms with Crippen molar-refractivity contribution >= 4 is 23.4 Å². The Balaban J connectivity index is 1.72. The van der Waals surface area contributed by atoms with Crippen molar-refractivity contribution in [3.63, 3.8) is 0 Å². The van der Waals surface area contributed by atoms with E-state index in [-0.39, 0.29) is 5.69 Å². The molecule has 8 heteroatoms. The lowest BCUT2D eigenvalue weighted by Crippen LogP contribution is -2.45. The lowest BCUT2D eigenvalue weighted by molar-refractivity contribution is 0.262. The molecule has 0 radical (unpaired) electrons. The fraction of sp³-hybridized carbons (Fsp3) is 0.389. The number of piperazine rings is 1. The van der Waals surface area contributed by atoms with Crippen LogP contribution >= 0.6 is 0 Å². The summed E-state index contributed by atoms with van der Waals surface area (Å²) in [5, 5.41) is 5.22. The SMILES string of the molecule is Cc1nc(N2CCN(C)CC2)nc(C)c1NC(=O)Nc1ccccc1F. The molecule has 1 fully saturated rings. The maximum absolute atomic E-state index is 13.7. The highest BCUT2D eigenvalue weighted by atomic mass is 19.1. The minimum absolute atomic E-state index is 0.121. The molecule has 2 amide bonds. The summed E-state index contributed by atoms with van der Waals surface area (Å²) in [6.45, 7) is 7.32. The maximum atomic E-state index is 13.7. The third-order valence-electron chi connectivity index (χ3n) is 4.41. The van der Waals surface area contributed by atoms with Crippen molar-refractivity contribution in [1.82, 2.24) is 14.9 Å². The van der Waals surface area contributed by atoms with Crippen molar-refractivity contribution in [2.24, 2.45) is 0 Å². The van der Waals surface area contributed by atoms with Crippen molar-refractivity contribution in [2.75, 3.05) is 48.8 Å². The summed E-state index contributed by atoms with van der Waals surface area (Å²) < 4.78 is 13.7. The van der Waals surface area contributed by atoms with Crippen molar-refractivity contribution in [2.45, 2.75) is 13.8 Å². The van der Waals surface area contributed by atoms with Crippen LogP contribution < -0.4 is 15.5 Å². The van der Waals surface area contributed by atoms with E-state index in [1.807, 2.05) is 13.8 Å². The Labute approximate surface area is 152 Å². The molecule has 1 saturated heterocycles. The molecule has 0 unspecified atom stereocenters. The minimum Gasteiger partial charge on any atom is -0.338 e. The van der Waals surface area contributed by atoms with E-state index in [9.17, 15) is 9.18 Å². The maximum Gasteiger partial charge on any atom is 0.323 e. The van der Waals surface area contributed by atoms with Crippen LogP contribution in [0.2, 0.25) is 0 Å². The Bertz CT molecular complexity index is 781. The summed E-state index contributed by atoms with van der Waals surface area (Å²) in [5.41, 5.74) is 2.01. The summed E-state index contributed by atoms with van der Waals surface area (Å²) in [5.74, 6) is 0.186. The lowest BCUT2D eigenvalue weighted by atomic mass is 10.2. The average molecular weight is 358 g/mol. The number of nitrogens with zero attached hydrogens (tertiary/aromatic N) is 4. The Morgan fingerprint density at radius 1 is 1.04 bits per heavy atom. The van der Waals surface area contributed by atoms with Gasteiger partial charge in [0.2, 0.25) is 5.95 Å². The van der Waals surface area contributed by atoms with Gasteiger partial charge in [-0.1, -0.05) is 12.1 Å². The van der Waals surface area contributed by atoms with Crippen LogP contribution in [0, 0.1) is 19.7 Å². The van der Waals surface area contributed by atoms with E-state index in [0.717, 1.165) is 26.2 Å². The zero-order chi connectivity index (χ0) is 18.7. The van der Waals surface area contributed by atoms with Crippen molar-refractivity contribution < 1.29 is 9.18 Å². The molecule has 2 N–H and O–H groups in total. The highest BCUT2D eigenvalue weighted by Crippen LogP contribution is 2.22. The van der Waals surface area contributed by atoms with Crippen molar-refractivity contribution in [3.8, 4) is 0 Å². The minimum atomic E-state index is -0.530. The standard InChI is InChI=1S/C18H23FN6O/c1-12-16(23-18(26)22-15-7-5-4-6-14(15)19)13(2)21-17(20-12)25-10-8-24(3)9-11-25/h4-7H,8-11H2,1-3H3,(H2,22,23,26). The lowest BCUT2D eigenvalue weighted by Gasteiger charge is -2.32. The van der Waals surface area contributed by atoms with Crippen molar-refractivity contribution in [3.05, 3.63) is 41.5 Å². The molecule has 1 aliphatic rings. The number of carbonyl (C=O) groups excluding carboxylic acids is 1. The van der Waals surface area contributed by atoms with Gasteiger partial charge in [-0.05, 0) is 33.0 Å². The molecular weight excluding hydrogens is 335 g/mol. The van der Waals surface area contributed by atoms with E-state index in [1.165, 1.54) is 12.1 Å². The quantitative estimate of drug-likeness (QED) is 0.882. The first kappa shape index (κ1) is 18.1. The molecule has 0 bridgehead atoms. The number of carbonyl (C=O) groups is 1. The highest BCUT2D eigenvalue weighted by molar-refractivity contribution is 6.00. The Morgan fingerprint density at radius 3 is 2.27 bits per heavy atom. The molecule has 138 valence electrons. The number of hydrogen-bond donors (Lipinski definition) is 2. The second kappa shape index (κ2) is 7.65. The number of amides is 2. The molecule has 3 rings (SSSR count). The van der Waals surface area contributed by atoms with Gasteiger partial charge in [-0.25, -0.2) is 19.2 Å². The molecule has 2 aromatic rings. The summed E-state index contributed by atoms with van der Waals surface area (Å²) in [7, 11) is 2.09. The molecule has 0 saturated carbocycles. The molecule has 0 atom stereocenters. The van der Waals surface area contributed by atoms with E-state index in [2.05, 4.69) is 37.4 Å². The monoisotopic (exact) mass is 358 g/mol. The van der Waals surface area contributed by atoms with Gasteiger partial charge in [-0.3, -0.25) is 0 Å². The van der Waals surface area contributed by atoms with Crippen LogP contribution in [0.15, 0.2) is 24.3 Å². The predicted molar refractivity (Wildman–Crippen MR) is 100 cm³/mol. The summed E-state index contributed by atoms with van der Waals surface area (Å²) >= 11 is 0. The number of aryl methyl sites for hydroxylation is 2. The molecule has 1 aromatic heterocycles. The molecule has 0 aliphatic carbocycles. The molecule has 7 nitrogen and oxygen atoms in total. The van der Waals surface area contributed by atoms with Gasteiger partial charge in [-0.2, -0.15) is 0 Å². The van der Waals surface area contributed by atoms with Crippen LogP contribution in [0.3, 0.4) is 0 Å². The first-order valence-corrected chi connectivity index (χ1v) is 8.55. The van der Waals surface area contributed by atoms with Crippen LogP contribution in [-0.2, 0) is 0 Å². The first-order valence-electron chi connectivity index (χ1n) is 8.55. The Hall–Kier alpha value is -2.74. The molecule has 1 aromatic carbocycles. The molecule has 0 spiro atoms. The number of aromatic nitrogens is 2. The number of nitrogens with one attached hydrogen (secondary N) is 2. The molecule has 2 heterocycles. The van der Waals surface area contributed by atoms with Gasteiger partial charge in [0.05, 0.1) is 22.8 Å². The summed E-state index contributed by atoms with van der Waals surface area (Å²) in [6.07, 6.45) is 0. The third kappa shape index (κ3) is 4.08.